The van der Waals surface area contributed by atoms with Gasteiger partial charge in [-0.3, -0.25) is 14.2 Å². The molecule has 2 heterocycles. The van der Waals surface area contributed by atoms with E-state index >= 15 is 0 Å². The Morgan fingerprint density at radius 2 is 1.90 bits per heavy atom. The number of nitrogens with zero attached hydrogens (tertiary/aromatic N) is 3. The number of hydrogen-bond donors (Lipinski definition) is 1. The van der Waals surface area contributed by atoms with Crippen molar-refractivity contribution in [2.24, 2.45) is 0 Å². The van der Waals surface area contributed by atoms with E-state index in [1.54, 1.807) is 18.2 Å². The number of carbonyl (C=O) groups is 1. The molecule has 1 aromatic carbocycles. The van der Waals surface area contributed by atoms with Gasteiger partial charge in [-0.1, -0.05) is 12.1 Å². The predicted octanol–water partition coefficient (Wildman–Crippen LogP) is 1.47. The Morgan fingerprint density at radius 3 is 2.62 bits per heavy atom. The van der Waals surface area contributed by atoms with E-state index in [0.29, 0.717) is 16.9 Å². The summed E-state index contributed by atoms with van der Waals surface area (Å²) in [6, 6.07) is 7.15. The van der Waals surface area contributed by atoms with Crippen LogP contribution in [0.1, 0.15) is 19.3 Å². The first-order valence-electron chi connectivity index (χ1n) is 7.13. The number of carboxylic acid groups (broad SMARTS) is 1. The monoisotopic (exact) mass is 287 g/mol. The number of hydrogen-bond acceptors (Lipinski definition) is 4. The highest BCUT2D eigenvalue weighted by Gasteiger charge is 2.19. The second-order valence-electron chi connectivity index (χ2n) is 5.26. The zero-order valence-corrected chi connectivity index (χ0v) is 11.7. The minimum atomic E-state index is -1.03. The second kappa shape index (κ2) is 5.55. The lowest BCUT2D eigenvalue weighted by Crippen LogP contribution is -2.37. The van der Waals surface area contributed by atoms with Crippen LogP contribution < -0.4 is 10.5 Å². The Kier molecular flexibility index (Phi) is 3.60. The lowest BCUT2D eigenvalue weighted by atomic mass is 10.1. The Bertz CT molecular complexity index is 733. The molecule has 1 fully saturated rings. The summed E-state index contributed by atoms with van der Waals surface area (Å²) in [5.41, 5.74) is 0.891. The molecule has 1 N–H and O–H groups in total. The molecule has 6 nitrogen and oxygen atoms in total. The van der Waals surface area contributed by atoms with Crippen molar-refractivity contribution in [3.63, 3.8) is 0 Å². The van der Waals surface area contributed by atoms with Crippen LogP contribution in [0.15, 0.2) is 29.1 Å². The third-order valence-corrected chi connectivity index (χ3v) is 3.78. The van der Waals surface area contributed by atoms with Crippen LogP contribution in [-0.2, 0) is 11.3 Å². The summed E-state index contributed by atoms with van der Waals surface area (Å²) >= 11 is 0. The third kappa shape index (κ3) is 2.61. The van der Waals surface area contributed by atoms with Crippen molar-refractivity contribution in [2.75, 3.05) is 18.0 Å². The maximum atomic E-state index is 12.6. The van der Waals surface area contributed by atoms with Gasteiger partial charge in [0.1, 0.15) is 6.54 Å². The summed E-state index contributed by atoms with van der Waals surface area (Å²) in [5, 5.41) is 9.06. The molecular formula is C15H17N3O3. The number of para-hydroxylation sites is 2. The molecule has 21 heavy (non-hydrogen) atoms. The fourth-order valence-corrected chi connectivity index (χ4v) is 2.78. The number of aliphatic carboxylic acids is 1. The molecule has 0 unspecified atom stereocenters. The Balaban J connectivity index is 2.18. The summed E-state index contributed by atoms with van der Waals surface area (Å²) in [7, 11) is 0. The zero-order valence-electron chi connectivity index (χ0n) is 11.7. The lowest BCUT2D eigenvalue weighted by molar-refractivity contribution is -0.137. The summed E-state index contributed by atoms with van der Waals surface area (Å²) in [4.78, 5) is 30.1. The van der Waals surface area contributed by atoms with Crippen LogP contribution in [0.4, 0.5) is 5.82 Å². The molecule has 0 spiro atoms. The number of anilines is 1. The number of rotatable bonds is 3. The number of aromatic nitrogens is 2. The smallest absolute Gasteiger partial charge is 0.323 e. The minimum absolute atomic E-state index is 0.321. The molecule has 6 heteroatoms. The zero-order chi connectivity index (χ0) is 14.8. The normalized spacial score (nSPS) is 15.3. The van der Waals surface area contributed by atoms with Gasteiger partial charge in [-0.2, -0.15) is 0 Å². The Hall–Kier alpha value is -2.37. The highest BCUT2D eigenvalue weighted by molar-refractivity contribution is 5.78. The SMILES string of the molecule is O=C(O)Cn1c(=O)c(N2CCCCC2)nc2ccccc21. The van der Waals surface area contributed by atoms with E-state index in [2.05, 4.69) is 4.98 Å². The summed E-state index contributed by atoms with van der Waals surface area (Å²) < 4.78 is 1.30. The fourth-order valence-electron chi connectivity index (χ4n) is 2.78. The minimum Gasteiger partial charge on any atom is -0.480 e. The van der Waals surface area contributed by atoms with Crippen molar-refractivity contribution in [2.45, 2.75) is 25.8 Å². The molecule has 0 saturated carbocycles. The number of benzene rings is 1. The molecule has 0 atom stereocenters. The molecule has 0 aliphatic carbocycles. The molecule has 1 aliphatic rings. The quantitative estimate of drug-likeness (QED) is 0.925. The van der Waals surface area contributed by atoms with Gasteiger partial charge in [-0.05, 0) is 31.4 Å². The first-order valence-corrected chi connectivity index (χ1v) is 7.13. The largest absolute Gasteiger partial charge is 0.480 e. The van der Waals surface area contributed by atoms with Gasteiger partial charge in [-0.15, -0.1) is 0 Å². The first-order chi connectivity index (χ1) is 10.2. The second-order valence-corrected chi connectivity index (χ2v) is 5.26. The fraction of sp³-hybridized carbons (Fsp3) is 0.400. The molecule has 1 saturated heterocycles. The van der Waals surface area contributed by atoms with E-state index in [1.807, 2.05) is 11.0 Å². The van der Waals surface area contributed by atoms with Gasteiger partial charge in [0.15, 0.2) is 5.82 Å². The average Bonchev–Trinajstić information content (AvgIpc) is 2.50. The van der Waals surface area contributed by atoms with Crippen molar-refractivity contribution in [3.05, 3.63) is 34.6 Å². The lowest BCUT2D eigenvalue weighted by Gasteiger charge is -2.27. The van der Waals surface area contributed by atoms with Crippen LogP contribution in [0.25, 0.3) is 11.0 Å². The van der Waals surface area contributed by atoms with E-state index in [4.69, 9.17) is 5.11 Å². The highest BCUT2D eigenvalue weighted by atomic mass is 16.4. The molecule has 0 radical (unpaired) electrons. The van der Waals surface area contributed by atoms with Crippen LogP contribution in [-0.4, -0.2) is 33.7 Å². The standard InChI is InChI=1S/C15H17N3O3/c19-13(20)10-18-12-7-3-2-6-11(12)16-14(15(18)21)17-8-4-1-5-9-17/h2-3,6-7H,1,4-5,8-10H2,(H,19,20). The van der Waals surface area contributed by atoms with Gasteiger partial charge in [-0.25, -0.2) is 4.98 Å². The van der Waals surface area contributed by atoms with Crippen molar-refractivity contribution in [1.29, 1.82) is 0 Å². The number of fused-ring (bicyclic) bond motifs is 1. The maximum Gasteiger partial charge on any atom is 0.323 e. The Labute approximate surface area is 121 Å². The summed E-state index contributed by atoms with van der Waals surface area (Å²) in [5.74, 6) is -0.660. The van der Waals surface area contributed by atoms with Gasteiger partial charge in [0, 0.05) is 13.1 Å². The van der Waals surface area contributed by atoms with Crippen LogP contribution in [0.3, 0.4) is 0 Å². The van der Waals surface area contributed by atoms with E-state index in [-0.39, 0.29) is 12.1 Å². The van der Waals surface area contributed by atoms with Crippen molar-refractivity contribution in [3.8, 4) is 0 Å². The number of carboxylic acids is 1. The van der Waals surface area contributed by atoms with Gasteiger partial charge >= 0.3 is 5.97 Å². The van der Waals surface area contributed by atoms with Gasteiger partial charge < -0.3 is 10.0 Å². The van der Waals surface area contributed by atoms with Gasteiger partial charge in [0.25, 0.3) is 5.56 Å². The van der Waals surface area contributed by atoms with Crippen molar-refractivity contribution < 1.29 is 9.90 Å². The van der Waals surface area contributed by atoms with Crippen LogP contribution >= 0.6 is 0 Å². The van der Waals surface area contributed by atoms with Crippen molar-refractivity contribution in [1.82, 2.24) is 9.55 Å². The van der Waals surface area contributed by atoms with Gasteiger partial charge in [0.05, 0.1) is 11.0 Å². The van der Waals surface area contributed by atoms with E-state index < -0.39 is 5.97 Å². The van der Waals surface area contributed by atoms with Crippen molar-refractivity contribution >= 4 is 22.8 Å². The number of piperidine rings is 1. The molecule has 1 aliphatic heterocycles. The molecule has 110 valence electrons. The highest BCUT2D eigenvalue weighted by Crippen LogP contribution is 2.18. The van der Waals surface area contributed by atoms with Gasteiger partial charge in [0.2, 0.25) is 0 Å². The summed E-state index contributed by atoms with van der Waals surface area (Å²) in [6.07, 6.45) is 3.23. The van der Waals surface area contributed by atoms with E-state index in [0.717, 1.165) is 32.4 Å². The molecular weight excluding hydrogens is 270 g/mol. The molecule has 0 bridgehead atoms. The molecule has 0 amide bonds. The van der Waals surface area contributed by atoms with E-state index in [1.165, 1.54) is 4.57 Å². The van der Waals surface area contributed by atoms with Crippen LogP contribution in [0, 0.1) is 0 Å². The molecule has 2 aromatic rings. The van der Waals surface area contributed by atoms with Crippen LogP contribution in [0.5, 0.6) is 0 Å². The molecule has 3 rings (SSSR count). The predicted molar refractivity (Wildman–Crippen MR) is 79.7 cm³/mol. The maximum absolute atomic E-state index is 12.6. The van der Waals surface area contributed by atoms with Crippen LogP contribution in [0.2, 0.25) is 0 Å². The average molecular weight is 287 g/mol. The topological polar surface area (TPSA) is 75.4 Å². The third-order valence-electron chi connectivity index (χ3n) is 3.78. The first kappa shape index (κ1) is 13.6. The summed E-state index contributed by atoms with van der Waals surface area (Å²) in [6.45, 7) is 1.25. The van der Waals surface area contributed by atoms with E-state index in [9.17, 15) is 9.59 Å². The molecule has 1 aromatic heterocycles. The Morgan fingerprint density at radius 1 is 1.19 bits per heavy atom.